The van der Waals surface area contributed by atoms with E-state index in [0.29, 0.717) is 18.0 Å². The molecule has 1 fully saturated rings. The summed E-state index contributed by atoms with van der Waals surface area (Å²) in [7, 11) is -3.45. The monoisotopic (exact) mass is 379 g/mol. The van der Waals surface area contributed by atoms with Crippen molar-refractivity contribution in [3.63, 3.8) is 0 Å². The average molecular weight is 380 g/mol. The largest absolute Gasteiger partial charge is 0.243 e. The van der Waals surface area contributed by atoms with Gasteiger partial charge in [-0.3, -0.25) is 0 Å². The molecule has 0 N–H and O–H groups in total. The molecule has 0 aromatic heterocycles. The van der Waals surface area contributed by atoms with Crippen LogP contribution < -0.4 is 0 Å². The summed E-state index contributed by atoms with van der Waals surface area (Å²) in [5.74, 6) is 0. The summed E-state index contributed by atoms with van der Waals surface area (Å²) < 4.78 is 28.3. The predicted molar refractivity (Wildman–Crippen MR) is 110 cm³/mol. The molecule has 1 aliphatic heterocycles. The highest BCUT2D eigenvalue weighted by atomic mass is 32.2. The molecule has 1 unspecified atom stereocenters. The van der Waals surface area contributed by atoms with Crippen molar-refractivity contribution in [1.82, 2.24) is 4.31 Å². The molecule has 0 bridgehead atoms. The van der Waals surface area contributed by atoms with Crippen LogP contribution in [-0.4, -0.2) is 25.8 Å². The van der Waals surface area contributed by atoms with E-state index in [-0.39, 0.29) is 16.2 Å². The van der Waals surface area contributed by atoms with Gasteiger partial charge in [0, 0.05) is 13.1 Å². The third kappa shape index (κ3) is 4.51. The topological polar surface area (TPSA) is 37.4 Å². The molecule has 2 rings (SSSR count). The Kier molecular flexibility index (Phi) is 5.99. The highest BCUT2D eigenvalue weighted by Gasteiger charge is 2.40. The van der Waals surface area contributed by atoms with Crippen LogP contribution in [0.4, 0.5) is 0 Å². The van der Waals surface area contributed by atoms with E-state index >= 15 is 0 Å². The Balaban J connectivity index is 2.34. The maximum Gasteiger partial charge on any atom is 0.243 e. The minimum Gasteiger partial charge on any atom is -0.207 e. The quantitative estimate of drug-likeness (QED) is 0.667. The minimum absolute atomic E-state index is 0.0250. The first kappa shape index (κ1) is 21.4. The van der Waals surface area contributed by atoms with Crippen molar-refractivity contribution in [2.75, 3.05) is 13.1 Å². The number of benzene rings is 1. The SMILES string of the molecule is CCC1(C)CN(S(=O)(=O)c2ccc(C(C)(C)CC)cc2)CCC(C)(C)C1. The van der Waals surface area contributed by atoms with Gasteiger partial charge in [0.2, 0.25) is 10.0 Å². The van der Waals surface area contributed by atoms with Crippen molar-refractivity contribution in [3.05, 3.63) is 29.8 Å². The van der Waals surface area contributed by atoms with Crippen molar-refractivity contribution >= 4 is 10.0 Å². The number of rotatable bonds is 5. The Bertz CT molecular complexity index is 719. The van der Waals surface area contributed by atoms with Gasteiger partial charge in [-0.05, 0) is 59.6 Å². The van der Waals surface area contributed by atoms with Gasteiger partial charge in [-0.15, -0.1) is 0 Å². The summed E-state index contributed by atoms with van der Waals surface area (Å²) in [4.78, 5) is 0.423. The van der Waals surface area contributed by atoms with Crippen LogP contribution in [0.5, 0.6) is 0 Å². The van der Waals surface area contributed by atoms with Crippen molar-refractivity contribution in [2.24, 2.45) is 10.8 Å². The molecular weight excluding hydrogens is 342 g/mol. The van der Waals surface area contributed by atoms with Crippen LogP contribution in [0.15, 0.2) is 29.2 Å². The van der Waals surface area contributed by atoms with Gasteiger partial charge in [0.1, 0.15) is 0 Å². The smallest absolute Gasteiger partial charge is 0.207 e. The third-order valence-electron chi connectivity index (χ3n) is 6.51. The highest BCUT2D eigenvalue weighted by molar-refractivity contribution is 7.89. The molecule has 3 nitrogen and oxygen atoms in total. The third-order valence-corrected chi connectivity index (χ3v) is 8.37. The molecular formula is C22H37NO2S. The van der Waals surface area contributed by atoms with Crippen molar-refractivity contribution in [3.8, 4) is 0 Å². The second-order valence-corrected chi connectivity index (χ2v) is 11.8. The Morgan fingerprint density at radius 1 is 1.08 bits per heavy atom. The molecule has 1 aliphatic rings. The number of nitrogens with zero attached hydrogens (tertiary/aromatic N) is 1. The lowest BCUT2D eigenvalue weighted by atomic mass is 9.72. The molecule has 0 spiro atoms. The van der Waals surface area contributed by atoms with Gasteiger partial charge < -0.3 is 0 Å². The zero-order valence-electron chi connectivity index (χ0n) is 17.7. The first-order valence-electron chi connectivity index (χ1n) is 9.96. The Labute approximate surface area is 161 Å². The lowest BCUT2D eigenvalue weighted by molar-refractivity contribution is 0.177. The second kappa shape index (κ2) is 7.27. The molecule has 1 atom stereocenters. The van der Waals surface area contributed by atoms with Gasteiger partial charge in [-0.2, -0.15) is 4.31 Å². The van der Waals surface area contributed by atoms with Crippen LogP contribution in [0.3, 0.4) is 0 Å². The standard InChI is InChI=1S/C22H37NO2S/c1-8-21(5,6)18-10-12-19(13-11-18)26(24,25)23-15-14-20(3,4)16-22(7,9-2)17-23/h10-13H,8-9,14-17H2,1-7H3. The maximum atomic E-state index is 13.3. The Morgan fingerprint density at radius 2 is 1.65 bits per heavy atom. The van der Waals surface area contributed by atoms with E-state index in [0.717, 1.165) is 25.7 Å². The van der Waals surface area contributed by atoms with Gasteiger partial charge in [-0.25, -0.2) is 8.42 Å². The van der Waals surface area contributed by atoms with Crippen LogP contribution in [0, 0.1) is 10.8 Å². The summed E-state index contributed by atoms with van der Waals surface area (Å²) in [6, 6.07) is 7.55. The molecule has 1 saturated heterocycles. The molecule has 1 heterocycles. The van der Waals surface area contributed by atoms with Gasteiger partial charge in [0.05, 0.1) is 4.90 Å². The average Bonchev–Trinajstić information content (AvgIpc) is 2.70. The van der Waals surface area contributed by atoms with E-state index in [1.807, 2.05) is 12.1 Å². The molecule has 0 amide bonds. The fraction of sp³-hybridized carbons (Fsp3) is 0.727. The second-order valence-electron chi connectivity index (χ2n) is 9.86. The molecule has 1 aromatic carbocycles. The highest BCUT2D eigenvalue weighted by Crippen LogP contribution is 2.43. The Hall–Kier alpha value is -0.870. The zero-order chi connectivity index (χ0) is 19.8. The van der Waals surface area contributed by atoms with E-state index in [1.54, 1.807) is 16.4 Å². The molecule has 0 aliphatic carbocycles. The van der Waals surface area contributed by atoms with E-state index in [9.17, 15) is 8.42 Å². The van der Waals surface area contributed by atoms with Crippen LogP contribution >= 0.6 is 0 Å². The number of hydrogen-bond donors (Lipinski definition) is 0. The van der Waals surface area contributed by atoms with Gasteiger partial charge >= 0.3 is 0 Å². The minimum atomic E-state index is -3.45. The van der Waals surface area contributed by atoms with Crippen LogP contribution in [0.2, 0.25) is 0 Å². The number of hydrogen-bond acceptors (Lipinski definition) is 2. The van der Waals surface area contributed by atoms with Crippen LogP contribution in [0.25, 0.3) is 0 Å². The summed E-state index contributed by atoms with van der Waals surface area (Å²) >= 11 is 0. The fourth-order valence-electron chi connectivity index (χ4n) is 4.11. The fourth-order valence-corrected chi connectivity index (χ4v) is 5.70. The normalized spacial score (nSPS) is 25.0. The van der Waals surface area contributed by atoms with Crippen molar-refractivity contribution < 1.29 is 8.42 Å². The molecule has 4 heteroatoms. The maximum absolute atomic E-state index is 13.3. The van der Waals surface area contributed by atoms with Crippen LogP contribution in [-0.2, 0) is 15.4 Å². The molecule has 148 valence electrons. The lowest BCUT2D eigenvalue weighted by Gasteiger charge is -2.35. The Morgan fingerprint density at radius 3 is 2.15 bits per heavy atom. The van der Waals surface area contributed by atoms with Gasteiger partial charge in [0.15, 0.2) is 0 Å². The first-order chi connectivity index (χ1) is 11.9. The molecule has 26 heavy (non-hydrogen) atoms. The number of sulfonamides is 1. The predicted octanol–water partition coefficient (Wildman–Crippen LogP) is 5.60. The van der Waals surface area contributed by atoms with E-state index < -0.39 is 10.0 Å². The van der Waals surface area contributed by atoms with E-state index in [2.05, 4.69) is 48.5 Å². The van der Waals surface area contributed by atoms with Gasteiger partial charge in [-0.1, -0.05) is 60.6 Å². The van der Waals surface area contributed by atoms with E-state index in [1.165, 1.54) is 5.56 Å². The lowest BCUT2D eigenvalue weighted by Crippen LogP contribution is -2.38. The van der Waals surface area contributed by atoms with Crippen molar-refractivity contribution in [1.29, 1.82) is 0 Å². The summed E-state index contributed by atoms with van der Waals surface area (Å²) in [5, 5.41) is 0. The summed E-state index contributed by atoms with van der Waals surface area (Å²) in [6.07, 6.45) is 3.98. The zero-order valence-corrected chi connectivity index (χ0v) is 18.5. The molecule has 1 aromatic rings. The van der Waals surface area contributed by atoms with Crippen LogP contribution in [0.1, 0.15) is 79.7 Å². The van der Waals surface area contributed by atoms with E-state index in [4.69, 9.17) is 0 Å². The van der Waals surface area contributed by atoms with Crippen molar-refractivity contribution in [2.45, 2.75) is 84.5 Å². The summed E-state index contributed by atoms with van der Waals surface area (Å²) in [5.41, 5.74) is 1.45. The molecule has 0 saturated carbocycles. The van der Waals surface area contributed by atoms with Gasteiger partial charge in [0.25, 0.3) is 0 Å². The first-order valence-corrected chi connectivity index (χ1v) is 11.4. The summed E-state index contributed by atoms with van der Waals surface area (Å²) in [6.45, 7) is 16.7. The molecule has 0 radical (unpaired) electrons.